The van der Waals surface area contributed by atoms with Crippen LogP contribution in [0.2, 0.25) is 0 Å². The largest absolute Gasteiger partial charge is 0.448 e. The molecule has 2 heterocycles. The number of rotatable bonds is 7. The molecule has 3 rings (SSSR count). The number of benzene rings is 1. The van der Waals surface area contributed by atoms with E-state index in [0.717, 1.165) is 0 Å². The SMILES string of the molecule is Cc1c[nH]c(=O)c2cccc(S(=O)(=O)N3CC[C@H](NC(=O)OCCO[N+](=O)[O-])C3)c12. The van der Waals surface area contributed by atoms with Crippen LogP contribution in [0.15, 0.2) is 34.1 Å². The van der Waals surface area contributed by atoms with Crippen molar-refractivity contribution < 1.29 is 27.9 Å². The van der Waals surface area contributed by atoms with Crippen LogP contribution in [0, 0.1) is 17.0 Å². The summed E-state index contributed by atoms with van der Waals surface area (Å²) in [5.74, 6) is 0. The zero-order chi connectivity index (χ0) is 21.9. The maximum atomic E-state index is 13.2. The Morgan fingerprint density at radius 3 is 2.90 bits per heavy atom. The van der Waals surface area contributed by atoms with Gasteiger partial charge in [0.2, 0.25) is 10.0 Å². The third kappa shape index (κ3) is 4.52. The summed E-state index contributed by atoms with van der Waals surface area (Å²) in [5, 5.41) is 12.2. The van der Waals surface area contributed by atoms with E-state index in [-0.39, 0.29) is 35.5 Å². The number of aromatic amines is 1. The molecule has 0 saturated carbocycles. The lowest BCUT2D eigenvalue weighted by Crippen LogP contribution is -2.39. The fraction of sp³-hybridized carbons (Fsp3) is 0.412. The van der Waals surface area contributed by atoms with E-state index < -0.39 is 33.9 Å². The predicted octanol–water partition coefficient (Wildman–Crippen LogP) is 0.534. The third-order valence-electron chi connectivity index (χ3n) is 4.69. The fourth-order valence-corrected chi connectivity index (χ4v) is 5.10. The van der Waals surface area contributed by atoms with Crippen LogP contribution < -0.4 is 10.9 Å². The molecule has 1 atom stereocenters. The fourth-order valence-electron chi connectivity index (χ4n) is 3.32. The molecule has 1 aliphatic heterocycles. The molecule has 162 valence electrons. The second-order valence-corrected chi connectivity index (χ2v) is 8.57. The molecule has 0 bridgehead atoms. The molecule has 12 nitrogen and oxygen atoms in total. The second kappa shape index (κ2) is 8.67. The number of carbonyl (C=O) groups is 1. The van der Waals surface area contributed by atoms with E-state index in [2.05, 4.69) is 15.1 Å². The number of hydrogen-bond acceptors (Lipinski definition) is 8. The number of fused-ring (bicyclic) bond motifs is 1. The Balaban J connectivity index is 1.70. The standard InChI is InChI=1S/C17H20N4O8S/c1-11-9-18-16(22)13-3-2-4-14(15(11)13)30(26,27)20-6-5-12(10-20)19-17(23)28-7-8-29-21(24)25/h2-4,9,12H,5-8,10H2,1H3,(H,18,22)(H,19,23)/t12-/m0/s1. The minimum atomic E-state index is -3.91. The predicted molar refractivity (Wildman–Crippen MR) is 104 cm³/mol. The van der Waals surface area contributed by atoms with E-state index in [4.69, 9.17) is 4.74 Å². The summed E-state index contributed by atoms with van der Waals surface area (Å²) < 4.78 is 32.4. The van der Waals surface area contributed by atoms with Crippen LogP contribution in [0.1, 0.15) is 12.0 Å². The summed E-state index contributed by atoms with van der Waals surface area (Å²) in [6, 6.07) is 4.05. The molecule has 1 amide bonds. The molecule has 2 N–H and O–H groups in total. The Morgan fingerprint density at radius 2 is 2.17 bits per heavy atom. The quantitative estimate of drug-likeness (QED) is 0.358. The number of alkyl carbamates (subject to hydrolysis) is 1. The first-order valence-electron chi connectivity index (χ1n) is 9.02. The van der Waals surface area contributed by atoms with E-state index in [1.165, 1.54) is 22.6 Å². The van der Waals surface area contributed by atoms with Crippen LogP contribution in [-0.4, -0.2) is 61.2 Å². The first-order chi connectivity index (χ1) is 14.2. The molecular weight excluding hydrogens is 420 g/mol. The number of amides is 1. The van der Waals surface area contributed by atoms with E-state index in [1.54, 1.807) is 13.0 Å². The normalized spacial score (nSPS) is 17.0. The number of nitrogens with zero attached hydrogens (tertiary/aromatic N) is 2. The molecule has 2 aromatic rings. The zero-order valence-corrected chi connectivity index (χ0v) is 16.8. The summed E-state index contributed by atoms with van der Waals surface area (Å²) in [7, 11) is -3.91. The summed E-state index contributed by atoms with van der Waals surface area (Å²) in [6.45, 7) is 1.21. The highest BCUT2D eigenvalue weighted by atomic mass is 32.2. The molecule has 13 heteroatoms. The zero-order valence-electron chi connectivity index (χ0n) is 16.0. The van der Waals surface area contributed by atoms with Crippen molar-refractivity contribution in [3.8, 4) is 0 Å². The minimum Gasteiger partial charge on any atom is -0.448 e. The number of ether oxygens (including phenoxy) is 1. The summed E-state index contributed by atoms with van der Waals surface area (Å²) in [6.07, 6.45) is 1.01. The molecule has 1 aromatic carbocycles. The highest BCUT2D eigenvalue weighted by Crippen LogP contribution is 2.28. The molecular formula is C17H20N4O8S. The minimum absolute atomic E-state index is 0.0292. The van der Waals surface area contributed by atoms with Crippen molar-refractivity contribution in [2.24, 2.45) is 0 Å². The van der Waals surface area contributed by atoms with Gasteiger partial charge in [-0.1, -0.05) is 6.07 Å². The van der Waals surface area contributed by atoms with Gasteiger partial charge in [0.25, 0.3) is 10.6 Å². The van der Waals surface area contributed by atoms with E-state index in [0.29, 0.717) is 17.4 Å². The van der Waals surface area contributed by atoms with Crippen LogP contribution in [0.5, 0.6) is 0 Å². The Bertz CT molecular complexity index is 1130. The average molecular weight is 440 g/mol. The van der Waals surface area contributed by atoms with Crippen molar-refractivity contribution in [2.45, 2.75) is 24.3 Å². The van der Waals surface area contributed by atoms with Gasteiger partial charge in [0.1, 0.15) is 13.2 Å². The maximum absolute atomic E-state index is 13.2. The smallest absolute Gasteiger partial charge is 0.407 e. The Hall–Kier alpha value is -3.19. The number of pyridine rings is 1. The van der Waals surface area contributed by atoms with Crippen LogP contribution in [0.3, 0.4) is 0 Å². The van der Waals surface area contributed by atoms with E-state index in [9.17, 15) is 28.1 Å². The van der Waals surface area contributed by atoms with E-state index >= 15 is 0 Å². The van der Waals surface area contributed by atoms with Crippen molar-refractivity contribution >= 4 is 26.9 Å². The molecule has 1 aromatic heterocycles. The molecule has 0 unspecified atom stereocenters. The number of aromatic nitrogens is 1. The molecule has 30 heavy (non-hydrogen) atoms. The number of H-pyrrole nitrogens is 1. The monoisotopic (exact) mass is 440 g/mol. The van der Waals surface area contributed by atoms with Crippen molar-refractivity contribution in [3.05, 3.63) is 50.4 Å². The highest BCUT2D eigenvalue weighted by Gasteiger charge is 2.34. The van der Waals surface area contributed by atoms with Gasteiger partial charge in [0.05, 0.1) is 4.90 Å². The number of aryl methyl sites for hydroxylation is 1. The van der Waals surface area contributed by atoms with Crippen LogP contribution in [0.25, 0.3) is 10.8 Å². The molecule has 1 aliphatic rings. The van der Waals surface area contributed by atoms with Gasteiger partial charge in [-0.15, -0.1) is 10.1 Å². The van der Waals surface area contributed by atoms with Gasteiger partial charge in [-0.25, -0.2) is 13.2 Å². The lowest BCUT2D eigenvalue weighted by molar-refractivity contribution is -0.757. The van der Waals surface area contributed by atoms with Gasteiger partial charge in [-0.05, 0) is 31.0 Å². The van der Waals surface area contributed by atoms with Crippen LogP contribution in [0.4, 0.5) is 4.79 Å². The first-order valence-corrected chi connectivity index (χ1v) is 10.5. The van der Waals surface area contributed by atoms with Gasteiger partial charge in [0, 0.05) is 36.1 Å². The van der Waals surface area contributed by atoms with Crippen LogP contribution in [-0.2, 0) is 19.6 Å². The van der Waals surface area contributed by atoms with Crippen LogP contribution >= 0.6 is 0 Å². The van der Waals surface area contributed by atoms with Gasteiger partial charge in [-0.3, -0.25) is 4.79 Å². The van der Waals surface area contributed by atoms with Gasteiger partial charge in [0.15, 0.2) is 0 Å². The van der Waals surface area contributed by atoms with Gasteiger partial charge in [-0.2, -0.15) is 4.31 Å². The maximum Gasteiger partial charge on any atom is 0.407 e. The highest BCUT2D eigenvalue weighted by molar-refractivity contribution is 7.89. The Kier molecular flexibility index (Phi) is 6.22. The second-order valence-electron chi connectivity index (χ2n) is 6.67. The number of sulfonamides is 1. The van der Waals surface area contributed by atoms with E-state index in [1.807, 2.05) is 0 Å². The number of nitrogens with one attached hydrogen (secondary N) is 2. The van der Waals surface area contributed by atoms with Gasteiger partial charge >= 0.3 is 6.09 Å². The molecule has 0 spiro atoms. The molecule has 0 radical (unpaired) electrons. The summed E-state index contributed by atoms with van der Waals surface area (Å²) in [4.78, 5) is 40.5. The van der Waals surface area contributed by atoms with Crippen molar-refractivity contribution in [2.75, 3.05) is 26.3 Å². The number of carbonyl (C=O) groups excluding carboxylic acids is 1. The topological polar surface area (TPSA) is 161 Å². The third-order valence-corrected chi connectivity index (χ3v) is 6.60. The first kappa shape index (κ1) is 21.5. The van der Waals surface area contributed by atoms with Crippen molar-refractivity contribution in [3.63, 3.8) is 0 Å². The lowest BCUT2D eigenvalue weighted by Gasteiger charge is -2.19. The van der Waals surface area contributed by atoms with Gasteiger partial charge < -0.3 is 19.9 Å². The lowest BCUT2D eigenvalue weighted by atomic mass is 10.1. The Morgan fingerprint density at radius 1 is 1.40 bits per heavy atom. The molecule has 1 saturated heterocycles. The molecule has 1 fully saturated rings. The molecule has 0 aliphatic carbocycles. The van der Waals surface area contributed by atoms with Crippen molar-refractivity contribution in [1.82, 2.24) is 14.6 Å². The summed E-state index contributed by atoms with van der Waals surface area (Å²) >= 11 is 0. The number of hydrogen-bond donors (Lipinski definition) is 2. The average Bonchev–Trinajstić information content (AvgIpc) is 3.17. The van der Waals surface area contributed by atoms with Crippen molar-refractivity contribution in [1.29, 1.82) is 0 Å². The Labute approximate surface area is 170 Å². The summed E-state index contributed by atoms with van der Waals surface area (Å²) in [5.41, 5.74) is 0.246.